The maximum Gasteiger partial charge on any atom is 0.321 e. The summed E-state index contributed by atoms with van der Waals surface area (Å²) in [6.45, 7) is 2.10. The minimum atomic E-state index is -0.343. The zero-order valence-electron chi connectivity index (χ0n) is 12.0. The van der Waals surface area contributed by atoms with Gasteiger partial charge in [0.2, 0.25) is 5.13 Å². The molecule has 0 spiro atoms. The zero-order chi connectivity index (χ0) is 15.2. The van der Waals surface area contributed by atoms with Crippen molar-refractivity contribution in [3.8, 4) is 11.5 Å². The number of carbonyl (C=O) groups excluding carboxylic acids is 1. The quantitative estimate of drug-likeness (QED) is 0.884. The Morgan fingerprint density at radius 3 is 2.76 bits per heavy atom. The number of aromatic nitrogens is 2. The lowest BCUT2D eigenvalue weighted by molar-refractivity contribution is 0.251. The summed E-state index contributed by atoms with van der Waals surface area (Å²) in [5, 5.41) is 5.82. The molecule has 2 aromatic rings. The number of nitrogens with one attached hydrogen (secondary N) is 2. The summed E-state index contributed by atoms with van der Waals surface area (Å²) >= 11 is 1.14. The van der Waals surface area contributed by atoms with Gasteiger partial charge in [-0.15, -0.1) is 0 Å². The van der Waals surface area contributed by atoms with E-state index >= 15 is 0 Å². The molecule has 0 saturated heterocycles. The number of urea groups is 1. The smallest absolute Gasteiger partial charge is 0.321 e. The average molecular weight is 308 g/mol. The van der Waals surface area contributed by atoms with Crippen molar-refractivity contribution in [2.24, 2.45) is 0 Å². The molecule has 0 radical (unpaired) electrons. The number of aryl methyl sites for hydroxylation is 1. The maximum atomic E-state index is 11.8. The van der Waals surface area contributed by atoms with Crippen LogP contribution in [0.4, 0.5) is 9.93 Å². The summed E-state index contributed by atoms with van der Waals surface area (Å²) < 4.78 is 14.4. The van der Waals surface area contributed by atoms with Crippen molar-refractivity contribution in [1.82, 2.24) is 14.7 Å². The van der Waals surface area contributed by atoms with Crippen LogP contribution in [-0.2, 0) is 6.54 Å². The van der Waals surface area contributed by atoms with Gasteiger partial charge in [-0.2, -0.15) is 4.37 Å². The van der Waals surface area contributed by atoms with Crippen LogP contribution >= 0.6 is 11.5 Å². The van der Waals surface area contributed by atoms with Crippen molar-refractivity contribution in [3.63, 3.8) is 0 Å². The summed E-state index contributed by atoms with van der Waals surface area (Å²) in [6.07, 6.45) is 0. The summed E-state index contributed by atoms with van der Waals surface area (Å²) in [5.41, 5.74) is 0.849. The average Bonchev–Trinajstić information content (AvgIpc) is 2.90. The van der Waals surface area contributed by atoms with Crippen LogP contribution in [0.2, 0.25) is 0 Å². The van der Waals surface area contributed by atoms with Gasteiger partial charge >= 0.3 is 6.03 Å². The molecule has 0 aliphatic heterocycles. The first-order valence-corrected chi connectivity index (χ1v) is 6.95. The lowest BCUT2D eigenvalue weighted by Crippen LogP contribution is -2.28. The summed E-state index contributed by atoms with van der Waals surface area (Å²) in [7, 11) is 3.16. The molecule has 0 aliphatic carbocycles. The normalized spacial score (nSPS) is 10.0. The molecule has 1 aromatic carbocycles. The molecule has 0 aliphatic rings. The number of hydrogen-bond donors (Lipinski definition) is 2. The number of benzene rings is 1. The molecule has 2 amide bonds. The first kappa shape index (κ1) is 15.0. The molecule has 0 saturated carbocycles. The Morgan fingerprint density at radius 1 is 1.33 bits per heavy atom. The second kappa shape index (κ2) is 6.89. The van der Waals surface area contributed by atoms with Crippen molar-refractivity contribution < 1.29 is 14.3 Å². The minimum Gasteiger partial charge on any atom is -0.497 e. The molecule has 0 unspecified atom stereocenters. The maximum absolute atomic E-state index is 11.8. The fourth-order valence-electron chi connectivity index (χ4n) is 1.66. The molecule has 0 fully saturated rings. The van der Waals surface area contributed by atoms with Crippen LogP contribution < -0.4 is 20.1 Å². The number of hydrogen-bond acceptors (Lipinski definition) is 6. The third-order valence-electron chi connectivity index (χ3n) is 2.68. The Balaban J connectivity index is 1.94. The molecule has 1 aromatic heterocycles. The molecule has 2 N–H and O–H groups in total. The van der Waals surface area contributed by atoms with Gasteiger partial charge in [0, 0.05) is 29.7 Å². The van der Waals surface area contributed by atoms with Gasteiger partial charge in [-0.05, 0) is 19.1 Å². The van der Waals surface area contributed by atoms with Gasteiger partial charge in [0.15, 0.2) is 0 Å². The molecule has 0 bridgehead atoms. The van der Waals surface area contributed by atoms with Gasteiger partial charge < -0.3 is 14.8 Å². The Labute approximate surface area is 126 Å². The monoisotopic (exact) mass is 308 g/mol. The second-order valence-corrected chi connectivity index (χ2v) is 4.88. The van der Waals surface area contributed by atoms with Crippen molar-refractivity contribution in [2.75, 3.05) is 19.5 Å². The van der Waals surface area contributed by atoms with Crippen molar-refractivity contribution >= 4 is 22.7 Å². The summed E-state index contributed by atoms with van der Waals surface area (Å²) in [4.78, 5) is 15.8. The molecular formula is C13H16N4O3S. The Kier molecular flexibility index (Phi) is 4.94. The van der Waals surface area contributed by atoms with Crippen LogP contribution in [0.5, 0.6) is 11.5 Å². The summed E-state index contributed by atoms with van der Waals surface area (Å²) in [6, 6.07) is 5.07. The van der Waals surface area contributed by atoms with Gasteiger partial charge in [-0.3, -0.25) is 5.32 Å². The van der Waals surface area contributed by atoms with E-state index in [1.807, 2.05) is 12.1 Å². The van der Waals surface area contributed by atoms with Crippen molar-refractivity contribution in [1.29, 1.82) is 0 Å². The van der Waals surface area contributed by atoms with Crippen LogP contribution in [0, 0.1) is 6.92 Å². The first-order valence-electron chi connectivity index (χ1n) is 6.18. The second-order valence-electron chi connectivity index (χ2n) is 4.13. The standard InChI is InChI=1S/C13H16N4O3S/c1-8-15-13(21-17-8)16-12(18)14-7-9-4-5-10(19-2)6-11(9)20-3/h4-6H,7H2,1-3H3,(H2,14,15,16,17,18). The molecule has 21 heavy (non-hydrogen) atoms. The Hall–Kier alpha value is -2.35. The van der Waals surface area contributed by atoms with E-state index in [0.717, 1.165) is 17.1 Å². The highest BCUT2D eigenvalue weighted by molar-refractivity contribution is 7.09. The Morgan fingerprint density at radius 2 is 2.14 bits per heavy atom. The number of anilines is 1. The molecular weight excluding hydrogens is 292 g/mol. The number of rotatable bonds is 5. The predicted octanol–water partition coefficient (Wildman–Crippen LogP) is 2.19. The Bertz CT molecular complexity index is 630. The number of carbonyl (C=O) groups is 1. The number of amides is 2. The van der Waals surface area contributed by atoms with Crippen molar-refractivity contribution in [3.05, 3.63) is 29.6 Å². The van der Waals surface area contributed by atoms with E-state index in [-0.39, 0.29) is 6.03 Å². The molecule has 7 nitrogen and oxygen atoms in total. The third kappa shape index (κ3) is 4.06. The van der Waals surface area contributed by atoms with Crippen LogP contribution in [0.1, 0.15) is 11.4 Å². The largest absolute Gasteiger partial charge is 0.497 e. The highest BCUT2D eigenvalue weighted by Gasteiger charge is 2.09. The predicted molar refractivity (Wildman–Crippen MR) is 80.1 cm³/mol. The van der Waals surface area contributed by atoms with E-state index in [1.54, 1.807) is 27.2 Å². The van der Waals surface area contributed by atoms with E-state index in [1.165, 1.54) is 0 Å². The molecule has 2 rings (SSSR count). The van der Waals surface area contributed by atoms with Gasteiger partial charge in [0.05, 0.1) is 14.2 Å². The van der Waals surface area contributed by atoms with Gasteiger partial charge in [0.25, 0.3) is 0 Å². The van der Waals surface area contributed by atoms with Gasteiger partial charge in [-0.25, -0.2) is 9.78 Å². The topological polar surface area (TPSA) is 85.4 Å². The van der Waals surface area contributed by atoms with E-state index in [9.17, 15) is 4.79 Å². The van der Waals surface area contributed by atoms with Crippen LogP contribution in [-0.4, -0.2) is 29.6 Å². The van der Waals surface area contributed by atoms with E-state index < -0.39 is 0 Å². The van der Waals surface area contributed by atoms with E-state index in [0.29, 0.717) is 29.0 Å². The fourth-order valence-corrected chi connectivity index (χ4v) is 2.23. The van der Waals surface area contributed by atoms with Crippen LogP contribution in [0.15, 0.2) is 18.2 Å². The minimum absolute atomic E-state index is 0.330. The SMILES string of the molecule is COc1ccc(CNC(=O)Nc2nc(C)ns2)c(OC)c1. The summed E-state index contributed by atoms with van der Waals surface area (Å²) in [5.74, 6) is 1.98. The van der Waals surface area contributed by atoms with E-state index in [2.05, 4.69) is 20.0 Å². The van der Waals surface area contributed by atoms with Gasteiger partial charge in [-0.1, -0.05) is 0 Å². The molecule has 8 heteroatoms. The molecule has 1 heterocycles. The lowest BCUT2D eigenvalue weighted by atomic mass is 10.2. The molecule has 112 valence electrons. The highest BCUT2D eigenvalue weighted by Crippen LogP contribution is 2.24. The van der Waals surface area contributed by atoms with E-state index in [4.69, 9.17) is 9.47 Å². The first-order chi connectivity index (χ1) is 10.1. The van der Waals surface area contributed by atoms with Gasteiger partial charge in [0.1, 0.15) is 17.3 Å². The zero-order valence-corrected chi connectivity index (χ0v) is 12.8. The number of nitrogens with zero attached hydrogens (tertiary/aromatic N) is 2. The number of ether oxygens (including phenoxy) is 2. The third-order valence-corrected chi connectivity index (χ3v) is 3.40. The van der Waals surface area contributed by atoms with Crippen LogP contribution in [0.3, 0.4) is 0 Å². The fraction of sp³-hybridized carbons (Fsp3) is 0.308. The highest BCUT2D eigenvalue weighted by atomic mass is 32.1. The lowest BCUT2D eigenvalue weighted by Gasteiger charge is -2.11. The number of methoxy groups -OCH3 is 2. The van der Waals surface area contributed by atoms with Crippen LogP contribution in [0.25, 0.3) is 0 Å². The molecule has 0 atom stereocenters. The van der Waals surface area contributed by atoms with Crippen molar-refractivity contribution in [2.45, 2.75) is 13.5 Å².